The lowest BCUT2D eigenvalue weighted by Gasteiger charge is -2.22. The first-order valence-electron chi connectivity index (χ1n) is 14.0. The average molecular weight is 512 g/mol. The van der Waals surface area contributed by atoms with E-state index in [1.54, 1.807) is 0 Å². The molecule has 1 aromatic heterocycles. The zero-order valence-corrected chi connectivity index (χ0v) is 23.0. The second-order valence-corrected chi connectivity index (χ2v) is 12.1. The van der Waals surface area contributed by atoms with Gasteiger partial charge in [0.05, 0.1) is 5.52 Å². The smallest absolute Gasteiger partial charge is 0.0702 e. The predicted octanol–water partition coefficient (Wildman–Crippen LogP) is 10.9. The van der Waals surface area contributed by atoms with Gasteiger partial charge < -0.3 is 0 Å². The van der Waals surface area contributed by atoms with Crippen LogP contribution in [-0.2, 0) is 5.41 Å². The van der Waals surface area contributed by atoms with Gasteiger partial charge in [0, 0.05) is 17.1 Å². The van der Waals surface area contributed by atoms with Crippen LogP contribution in [-0.4, -0.2) is 4.98 Å². The maximum Gasteiger partial charge on any atom is 0.0702 e. The summed E-state index contributed by atoms with van der Waals surface area (Å²) < 4.78 is 0. The molecule has 7 aromatic carbocycles. The van der Waals surface area contributed by atoms with Gasteiger partial charge in [-0.1, -0.05) is 112 Å². The Morgan fingerprint density at radius 2 is 1.10 bits per heavy atom. The molecule has 8 aromatic rings. The van der Waals surface area contributed by atoms with Crippen LogP contribution in [0.4, 0.5) is 0 Å². The zero-order chi connectivity index (χ0) is 27.0. The summed E-state index contributed by atoms with van der Waals surface area (Å²) in [5, 5.41) is 11.7. The topological polar surface area (TPSA) is 12.9 Å². The maximum atomic E-state index is 4.67. The number of pyridine rings is 1. The summed E-state index contributed by atoms with van der Waals surface area (Å²) in [5.41, 5.74) is 7.40. The zero-order valence-electron chi connectivity index (χ0n) is 23.0. The number of fused-ring (bicyclic) bond motifs is 2. The number of benzene rings is 7. The first-order chi connectivity index (χ1) is 19.4. The minimum Gasteiger partial charge on any atom is -0.256 e. The fourth-order valence-electron chi connectivity index (χ4n) is 6.33. The van der Waals surface area contributed by atoms with Crippen molar-refractivity contribution in [1.82, 2.24) is 4.98 Å². The molecule has 0 atom stereocenters. The van der Waals surface area contributed by atoms with Crippen LogP contribution in [0.2, 0.25) is 0 Å². The Morgan fingerprint density at radius 1 is 0.475 bits per heavy atom. The summed E-state index contributed by atoms with van der Waals surface area (Å²) in [7, 11) is 0. The third kappa shape index (κ3) is 3.58. The van der Waals surface area contributed by atoms with E-state index < -0.39 is 0 Å². The van der Waals surface area contributed by atoms with Gasteiger partial charge in [0.1, 0.15) is 0 Å². The molecule has 0 N–H and O–H groups in total. The number of hydrogen-bond donors (Lipinski definition) is 0. The molecule has 0 saturated heterocycles. The molecule has 8 rings (SSSR count). The highest BCUT2D eigenvalue weighted by Gasteiger charge is 2.18. The van der Waals surface area contributed by atoms with Crippen molar-refractivity contribution >= 4 is 54.0 Å². The monoisotopic (exact) mass is 511 g/mol. The Balaban J connectivity index is 1.26. The number of hydrogen-bond acceptors (Lipinski definition) is 1. The van der Waals surface area contributed by atoms with Crippen molar-refractivity contribution in [2.45, 2.75) is 26.2 Å². The summed E-state index contributed by atoms with van der Waals surface area (Å²) >= 11 is 0. The third-order valence-electron chi connectivity index (χ3n) is 8.54. The van der Waals surface area contributed by atoms with Gasteiger partial charge in [-0.05, 0) is 95.0 Å². The van der Waals surface area contributed by atoms with E-state index in [0.717, 1.165) is 11.1 Å². The molecule has 1 heterocycles. The third-order valence-corrected chi connectivity index (χ3v) is 8.54. The number of aromatic nitrogens is 1. The van der Waals surface area contributed by atoms with E-state index in [1.165, 1.54) is 70.7 Å². The van der Waals surface area contributed by atoms with Crippen LogP contribution in [0, 0.1) is 0 Å². The highest BCUT2D eigenvalue weighted by Crippen LogP contribution is 2.41. The van der Waals surface area contributed by atoms with Crippen LogP contribution >= 0.6 is 0 Å². The summed E-state index contributed by atoms with van der Waals surface area (Å²) in [6, 6.07) is 42.7. The van der Waals surface area contributed by atoms with Crippen molar-refractivity contribution < 1.29 is 0 Å². The SMILES string of the molecule is CC(C)(C)c1cc2ccc3ccc(-c4ccc5cc(-c6cnc7ccccc7c6)ccc5c4)c4ccc(c1)c2c34. The number of rotatable bonds is 2. The van der Waals surface area contributed by atoms with Gasteiger partial charge in [-0.3, -0.25) is 4.98 Å². The predicted molar refractivity (Wildman–Crippen MR) is 173 cm³/mol. The molecule has 0 amide bonds. The second kappa shape index (κ2) is 8.37. The van der Waals surface area contributed by atoms with E-state index >= 15 is 0 Å². The lowest BCUT2D eigenvalue weighted by molar-refractivity contribution is 0.591. The molecular formula is C39H29N. The largest absolute Gasteiger partial charge is 0.256 e. The normalized spacial score (nSPS) is 12.4. The van der Waals surface area contributed by atoms with Gasteiger partial charge in [-0.15, -0.1) is 0 Å². The van der Waals surface area contributed by atoms with E-state index in [0.29, 0.717) is 0 Å². The Labute approximate surface area is 234 Å². The van der Waals surface area contributed by atoms with Gasteiger partial charge in [0.2, 0.25) is 0 Å². The molecular weight excluding hydrogens is 482 g/mol. The summed E-state index contributed by atoms with van der Waals surface area (Å²) in [6.07, 6.45) is 1.98. The van der Waals surface area contributed by atoms with Crippen molar-refractivity contribution in [3.63, 3.8) is 0 Å². The van der Waals surface area contributed by atoms with Gasteiger partial charge in [0.25, 0.3) is 0 Å². The second-order valence-electron chi connectivity index (χ2n) is 12.1. The van der Waals surface area contributed by atoms with Crippen LogP contribution in [0.3, 0.4) is 0 Å². The lowest BCUT2D eigenvalue weighted by Crippen LogP contribution is -2.10. The van der Waals surface area contributed by atoms with Crippen LogP contribution in [0.15, 0.2) is 121 Å². The Hall–Kier alpha value is -4.75. The molecule has 0 aliphatic rings. The quantitative estimate of drug-likeness (QED) is 0.210. The summed E-state index contributed by atoms with van der Waals surface area (Å²) in [6.45, 7) is 6.87. The summed E-state index contributed by atoms with van der Waals surface area (Å²) in [4.78, 5) is 4.67. The minimum atomic E-state index is 0.116. The average Bonchev–Trinajstić information content (AvgIpc) is 2.98. The van der Waals surface area contributed by atoms with Gasteiger partial charge >= 0.3 is 0 Å². The molecule has 1 nitrogen and oxygen atoms in total. The molecule has 0 spiro atoms. The molecule has 0 saturated carbocycles. The van der Waals surface area contributed by atoms with Gasteiger partial charge in [-0.2, -0.15) is 0 Å². The Bertz CT molecular complexity index is 2230. The first kappa shape index (κ1) is 23.2. The van der Waals surface area contributed by atoms with Gasteiger partial charge in [-0.25, -0.2) is 0 Å². The molecule has 0 fully saturated rings. The van der Waals surface area contributed by atoms with Gasteiger partial charge in [0.15, 0.2) is 0 Å². The van der Waals surface area contributed by atoms with Crippen molar-refractivity contribution in [3.05, 3.63) is 127 Å². The highest BCUT2D eigenvalue weighted by atomic mass is 14.6. The van der Waals surface area contributed by atoms with Crippen LogP contribution in [0.1, 0.15) is 26.3 Å². The first-order valence-corrected chi connectivity index (χ1v) is 14.0. The van der Waals surface area contributed by atoms with Crippen LogP contribution in [0.5, 0.6) is 0 Å². The van der Waals surface area contributed by atoms with E-state index in [-0.39, 0.29) is 5.41 Å². The molecule has 1 heteroatoms. The standard InChI is InChI=1S/C39H29N/c1-39(2,3)33-21-30-13-8-24-14-16-34(35-17-15-31(22-33)37(30)38(24)35)28-12-11-25-18-27(10-9-26(25)19-28)32-20-29-6-4-5-7-36(29)40-23-32/h4-23H,1-3H3. The van der Waals surface area contributed by atoms with E-state index in [2.05, 4.69) is 135 Å². The molecule has 0 aliphatic carbocycles. The fourth-order valence-corrected chi connectivity index (χ4v) is 6.33. The number of nitrogens with zero attached hydrogens (tertiary/aromatic N) is 1. The molecule has 0 radical (unpaired) electrons. The van der Waals surface area contributed by atoms with E-state index in [9.17, 15) is 0 Å². The van der Waals surface area contributed by atoms with Crippen molar-refractivity contribution in [2.75, 3.05) is 0 Å². The molecule has 40 heavy (non-hydrogen) atoms. The highest BCUT2D eigenvalue weighted by molar-refractivity contribution is 6.25. The fraction of sp³-hybridized carbons (Fsp3) is 0.103. The molecule has 0 aliphatic heterocycles. The number of para-hydroxylation sites is 1. The minimum absolute atomic E-state index is 0.116. The molecule has 0 unspecified atom stereocenters. The molecule has 0 bridgehead atoms. The van der Waals surface area contributed by atoms with Crippen molar-refractivity contribution in [3.8, 4) is 22.3 Å². The van der Waals surface area contributed by atoms with Crippen molar-refractivity contribution in [2.24, 2.45) is 0 Å². The summed E-state index contributed by atoms with van der Waals surface area (Å²) in [5.74, 6) is 0. The Morgan fingerprint density at radius 3 is 1.90 bits per heavy atom. The lowest BCUT2D eigenvalue weighted by atomic mass is 9.82. The Kier molecular flexibility index (Phi) is 4.85. The van der Waals surface area contributed by atoms with E-state index in [1.807, 2.05) is 12.3 Å². The van der Waals surface area contributed by atoms with Crippen LogP contribution in [0.25, 0.3) is 76.2 Å². The maximum absolute atomic E-state index is 4.67. The van der Waals surface area contributed by atoms with E-state index in [4.69, 9.17) is 0 Å². The molecule has 190 valence electrons. The van der Waals surface area contributed by atoms with Crippen molar-refractivity contribution in [1.29, 1.82) is 0 Å². The van der Waals surface area contributed by atoms with Crippen LogP contribution < -0.4 is 0 Å².